The van der Waals surface area contributed by atoms with Crippen LogP contribution in [0.5, 0.6) is 0 Å². The van der Waals surface area contributed by atoms with Gasteiger partial charge in [-0.3, -0.25) is 4.79 Å². The number of carbonyl (C=O) groups is 1. The van der Waals surface area contributed by atoms with Crippen molar-refractivity contribution in [3.05, 3.63) is 63.6 Å². The van der Waals surface area contributed by atoms with E-state index in [1.807, 2.05) is 25.1 Å². The number of anilines is 1. The van der Waals surface area contributed by atoms with E-state index < -0.39 is 0 Å². The van der Waals surface area contributed by atoms with Crippen molar-refractivity contribution < 1.29 is 4.79 Å². The van der Waals surface area contributed by atoms with Crippen LogP contribution in [0, 0.1) is 13.8 Å². The van der Waals surface area contributed by atoms with Crippen molar-refractivity contribution in [2.24, 2.45) is 4.99 Å². The minimum atomic E-state index is -0.0852. The number of rotatable bonds is 4. The number of amidine groups is 1. The maximum Gasteiger partial charge on any atom is 0.264 e. The van der Waals surface area contributed by atoms with Crippen molar-refractivity contribution in [1.29, 1.82) is 0 Å². The van der Waals surface area contributed by atoms with Crippen LogP contribution in [0.1, 0.15) is 68.7 Å². The Labute approximate surface area is 196 Å². The normalized spacial score (nSPS) is 22.4. The van der Waals surface area contributed by atoms with E-state index in [9.17, 15) is 4.79 Å². The standard InChI is InChI=1S/C27H33N3OS/c1-7-12-30-23-11-9-20(14-21(23)19(4)16-27(30,5)6)15-24-25(31)29-26(32-24)28-22-10-8-17(2)13-18(22)3/h8-11,13-15,19H,7,12,16H2,1-6H3,(H,28,29,31)/b24-15+. The molecule has 4 rings (SSSR count). The molecule has 1 fully saturated rings. The largest absolute Gasteiger partial charge is 0.366 e. The Morgan fingerprint density at radius 3 is 2.72 bits per heavy atom. The Hall–Kier alpha value is -2.53. The van der Waals surface area contributed by atoms with E-state index in [2.05, 4.69) is 74.1 Å². The first kappa shape index (κ1) is 22.7. The molecule has 2 heterocycles. The van der Waals surface area contributed by atoms with E-state index in [1.165, 1.54) is 28.6 Å². The van der Waals surface area contributed by atoms with E-state index in [4.69, 9.17) is 0 Å². The van der Waals surface area contributed by atoms with Crippen LogP contribution in [0.2, 0.25) is 0 Å². The third-order valence-electron chi connectivity index (χ3n) is 6.38. The van der Waals surface area contributed by atoms with Gasteiger partial charge in [-0.25, -0.2) is 4.99 Å². The van der Waals surface area contributed by atoms with Crippen molar-refractivity contribution >= 4 is 40.3 Å². The fourth-order valence-corrected chi connectivity index (χ4v) is 5.75. The van der Waals surface area contributed by atoms with E-state index in [-0.39, 0.29) is 11.4 Å². The molecular weight excluding hydrogens is 414 g/mol. The monoisotopic (exact) mass is 447 g/mol. The zero-order chi connectivity index (χ0) is 23.0. The average Bonchev–Trinajstić information content (AvgIpc) is 3.06. The summed E-state index contributed by atoms with van der Waals surface area (Å²) >= 11 is 1.41. The lowest BCUT2D eigenvalue weighted by Crippen LogP contribution is -2.48. The molecule has 0 radical (unpaired) electrons. The molecule has 1 amide bonds. The maximum atomic E-state index is 12.6. The van der Waals surface area contributed by atoms with Gasteiger partial charge in [0.1, 0.15) is 0 Å². The van der Waals surface area contributed by atoms with Crippen LogP contribution in [0.3, 0.4) is 0 Å². The van der Waals surface area contributed by atoms with Crippen LogP contribution in [0.4, 0.5) is 11.4 Å². The molecule has 5 heteroatoms. The molecule has 2 aliphatic rings. The Morgan fingerprint density at radius 1 is 1.22 bits per heavy atom. The summed E-state index contributed by atoms with van der Waals surface area (Å²) in [6, 6.07) is 12.8. The first-order valence-corrected chi connectivity index (χ1v) is 12.3. The number of hydrogen-bond donors (Lipinski definition) is 1. The second-order valence-electron chi connectivity index (χ2n) is 9.66. The van der Waals surface area contributed by atoms with Gasteiger partial charge in [-0.15, -0.1) is 0 Å². The van der Waals surface area contributed by atoms with Crippen LogP contribution in [-0.4, -0.2) is 23.2 Å². The molecule has 1 saturated heterocycles. The number of hydrogen-bond acceptors (Lipinski definition) is 4. The minimum Gasteiger partial charge on any atom is -0.366 e. The lowest BCUT2D eigenvalue weighted by Gasteiger charge is -2.47. The van der Waals surface area contributed by atoms with Crippen LogP contribution >= 0.6 is 11.8 Å². The number of carbonyl (C=O) groups excluding carboxylic acids is 1. The Balaban J connectivity index is 1.61. The van der Waals surface area contributed by atoms with Crippen LogP contribution in [0.15, 0.2) is 46.3 Å². The van der Waals surface area contributed by atoms with Crippen molar-refractivity contribution in [2.75, 3.05) is 11.4 Å². The van der Waals surface area contributed by atoms with E-state index in [0.29, 0.717) is 16.0 Å². The highest BCUT2D eigenvalue weighted by Crippen LogP contribution is 2.44. The highest BCUT2D eigenvalue weighted by atomic mass is 32.2. The van der Waals surface area contributed by atoms with Crippen molar-refractivity contribution in [3.63, 3.8) is 0 Å². The molecule has 2 aromatic rings. The van der Waals surface area contributed by atoms with Crippen LogP contribution in [-0.2, 0) is 4.79 Å². The predicted octanol–water partition coefficient (Wildman–Crippen LogP) is 6.70. The highest BCUT2D eigenvalue weighted by Gasteiger charge is 2.35. The third kappa shape index (κ3) is 4.49. The first-order valence-electron chi connectivity index (χ1n) is 11.5. The second-order valence-corrected chi connectivity index (χ2v) is 10.7. The maximum absolute atomic E-state index is 12.6. The smallest absolute Gasteiger partial charge is 0.264 e. The molecule has 1 atom stereocenters. The molecule has 0 bridgehead atoms. The molecule has 0 saturated carbocycles. The summed E-state index contributed by atoms with van der Waals surface area (Å²) in [5.74, 6) is 0.399. The molecule has 0 aromatic heterocycles. The summed E-state index contributed by atoms with van der Waals surface area (Å²) in [6.45, 7) is 14.4. The van der Waals surface area contributed by atoms with Crippen LogP contribution < -0.4 is 10.2 Å². The van der Waals surface area contributed by atoms with Gasteiger partial charge in [0.25, 0.3) is 5.91 Å². The molecule has 32 heavy (non-hydrogen) atoms. The van der Waals surface area contributed by atoms with Gasteiger partial charge in [0.2, 0.25) is 0 Å². The van der Waals surface area contributed by atoms with E-state index in [1.54, 1.807) is 0 Å². The first-order chi connectivity index (χ1) is 15.2. The minimum absolute atomic E-state index is 0.0852. The number of nitrogens with zero attached hydrogens (tertiary/aromatic N) is 2. The summed E-state index contributed by atoms with van der Waals surface area (Å²) in [5, 5.41) is 3.55. The van der Waals surface area contributed by atoms with Crippen molar-refractivity contribution in [1.82, 2.24) is 5.32 Å². The van der Waals surface area contributed by atoms with E-state index in [0.717, 1.165) is 36.2 Å². The Kier molecular flexibility index (Phi) is 6.22. The summed E-state index contributed by atoms with van der Waals surface area (Å²) in [6.07, 6.45) is 4.24. The topological polar surface area (TPSA) is 44.7 Å². The zero-order valence-corrected chi connectivity index (χ0v) is 20.8. The zero-order valence-electron chi connectivity index (χ0n) is 20.0. The molecule has 2 aromatic carbocycles. The Morgan fingerprint density at radius 2 is 2.00 bits per heavy atom. The van der Waals surface area contributed by atoms with Gasteiger partial charge >= 0.3 is 0 Å². The van der Waals surface area contributed by atoms with Crippen molar-refractivity contribution in [3.8, 4) is 0 Å². The molecular formula is C27H33N3OS. The Bertz CT molecular complexity index is 1120. The van der Waals surface area contributed by atoms with Gasteiger partial charge < -0.3 is 10.2 Å². The SMILES string of the molecule is CCCN1c2ccc(/C=C3/SC(=Nc4ccc(C)cc4C)NC3=O)cc2C(C)CC1(C)C. The number of fused-ring (bicyclic) bond motifs is 1. The molecule has 168 valence electrons. The van der Waals surface area contributed by atoms with Gasteiger partial charge in [-0.1, -0.05) is 37.6 Å². The number of thioether (sulfide) groups is 1. The number of amides is 1. The number of nitrogens with one attached hydrogen (secondary N) is 1. The molecule has 4 nitrogen and oxygen atoms in total. The summed E-state index contributed by atoms with van der Waals surface area (Å²) in [5.41, 5.74) is 7.13. The number of aliphatic imine (C=N–C) groups is 1. The number of aryl methyl sites for hydroxylation is 2. The quantitative estimate of drug-likeness (QED) is 0.531. The molecule has 0 aliphatic carbocycles. The molecule has 2 aliphatic heterocycles. The summed E-state index contributed by atoms with van der Waals surface area (Å²) in [4.78, 5) is 20.5. The van der Waals surface area contributed by atoms with Gasteiger partial charge in [0.15, 0.2) is 5.17 Å². The van der Waals surface area contributed by atoms with Crippen molar-refractivity contribution in [2.45, 2.75) is 65.8 Å². The molecule has 1 unspecified atom stereocenters. The summed E-state index contributed by atoms with van der Waals surface area (Å²) < 4.78 is 0. The molecule has 1 N–H and O–H groups in total. The highest BCUT2D eigenvalue weighted by molar-refractivity contribution is 8.18. The summed E-state index contributed by atoms with van der Waals surface area (Å²) in [7, 11) is 0. The fourth-order valence-electron chi connectivity index (χ4n) is 4.92. The van der Waals surface area contributed by atoms with Crippen LogP contribution in [0.25, 0.3) is 6.08 Å². The fraction of sp³-hybridized carbons (Fsp3) is 0.407. The lowest BCUT2D eigenvalue weighted by atomic mass is 9.79. The third-order valence-corrected chi connectivity index (χ3v) is 7.29. The van der Waals surface area contributed by atoms with Gasteiger partial charge in [0.05, 0.1) is 10.6 Å². The van der Waals surface area contributed by atoms with Gasteiger partial charge in [-0.05, 0) is 99.2 Å². The van der Waals surface area contributed by atoms with Gasteiger partial charge in [-0.2, -0.15) is 0 Å². The van der Waals surface area contributed by atoms with Gasteiger partial charge in [0, 0.05) is 17.8 Å². The predicted molar refractivity (Wildman–Crippen MR) is 138 cm³/mol. The average molecular weight is 448 g/mol. The molecule has 0 spiro atoms. The second kappa shape index (κ2) is 8.78. The lowest BCUT2D eigenvalue weighted by molar-refractivity contribution is -0.115. The van der Waals surface area contributed by atoms with E-state index >= 15 is 0 Å². The number of benzene rings is 2.